The van der Waals surface area contributed by atoms with E-state index < -0.39 is 10.0 Å². The lowest BCUT2D eigenvalue weighted by Crippen LogP contribution is -2.15. The summed E-state index contributed by atoms with van der Waals surface area (Å²) in [5.41, 5.74) is 3.09. The fraction of sp³-hybridized carbons (Fsp3) is 0.188. The highest BCUT2D eigenvalue weighted by molar-refractivity contribution is 7.92. The number of fused-ring (bicyclic) bond motifs is 1. The Hall–Kier alpha value is -2.12. The Bertz CT molecular complexity index is 1030. The molecule has 23 heavy (non-hydrogen) atoms. The summed E-state index contributed by atoms with van der Waals surface area (Å²) in [5.74, 6) is 0. The molecule has 0 atom stereocenters. The number of rotatable bonds is 4. The SMILES string of the molecule is CCc1cccc(C)c1NS(=O)(=O)c1ccc2[nH]c(=O)sc2c1. The van der Waals surface area contributed by atoms with E-state index in [0.717, 1.165) is 28.9 Å². The van der Waals surface area contributed by atoms with Crippen LogP contribution in [0.1, 0.15) is 18.1 Å². The molecule has 3 aromatic rings. The van der Waals surface area contributed by atoms with Gasteiger partial charge in [-0.15, -0.1) is 0 Å². The molecule has 1 aromatic heterocycles. The van der Waals surface area contributed by atoms with Crippen molar-refractivity contribution in [3.05, 3.63) is 57.2 Å². The fourth-order valence-electron chi connectivity index (χ4n) is 2.46. The Morgan fingerprint density at radius 1 is 1.22 bits per heavy atom. The molecule has 0 saturated carbocycles. The highest BCUT2D eigenvalue weighted by atomic mass is 32.2. The van der Waals surface area contributed by atoms with Crippen molar-refractivity contribution in [2.45, 2.75) is 25.2 Å². The maximum Gasteiger partial charge on any atom is 0.305 e. The highest BCUT2D eigenvalue weighted by Gasteiger charge is 2.18. The van der Waals surface area contributed by atoms with Crippen molar-refractivity contribution in [3.8, 4) is 0 Å². The topological polar surface area (TPSA) is 79.0 Å². The van der Waals surface area contributed by atoms with E-state index in [0.29, 0.717) is 15.9 Å². The molecule has 2 aromatic carbocycles. The highest BCUT2D eigenvalue weighted by Crippen LogP contribution is 2.26. The number of anilines is 1. The van der Waals surface area contributed by atoms with Crippen LogP contribution in [0, 0.1) is 6.92 Å². The Balaban J connectivity index is 2.05. The van der Waals surface area contributed by atoms with Crippen LogP contribution in [0.2, 0.25) is 0 Å². The molecular weight excluding hydrogens is 332 g/mol. The Kier molecular flexibility index (Phi) is 3.99. The lowest BCUT2D eigenvalue weighted by molar-refractivity contribution is 0.601. The Morgan fingerprint density at radius 2 is 2.00 bits per heavy atom. The van der Waals surface area contributed by atoms with E-state index >= 15 is 0 Å². The predicted octanol–water partition coefficient (Wildman–Crippen LogP) is 3.26. The normalized spacial score (nSPS) is 11.7. The molecule has 0 unspecified atom stereocenters. The van der Waals surface area contributed by atoms with E-state index in [9.17, 15) is 13.2 Å². The summed E-state index contributed by atoms with van der Waals surface area (Å²) < 4.78 is 28.7. The van der Waals surface area contributed by atoms with Crippen LogP contribution in [0.5, 0.6) is 0 Å². The molecule has 2 N–H and O–H groups in total. The van der Waals surface area contributed by atoms with Crippen molar-refractivity contribution >= 4 is 37.3 Å². The van der Waals surface area contributed by atoms with E-state index in [1.165, 1.54) is 12.1 Å². The lowest BCUT2D eigenvalue weighted by atomic mass is 10.1. The number of para-hydroxylation sites is 1. The van der Waals surface area contributed by atoms with Gasteiger partial charge in [-0.3, -0.25) is 9.52 Å². The van der Waals surface area contributed by atoms with Crippen LogP contribution >= 0.6 is 11.3 Å². The number of aryl methyl sites for hydroxylation is 2. The van der Waals surface area contributed by atoms with Gasteiger partial charge in [0.1, 0.15) is 0 Å². The van der Waals surface area contributed by atoms with E-state index in [-0.39, 0.29) is 9.77 Å². The van der Waals surface area contributed by atoms with Crippen molar-refractivity contribution in [1.82, 2.24) is 4.98 Å². The van der Waals surface area contributed by atoms with Crippen LogP contribution in [0.25, 0.3) is 10.2 Å². The first-order valence-corrected chi connectivity index (χ1v) is 9.45. The number of hydrogen-bond donors (Lipinski definition) is 2. The second-order valence-electron chi connectivity index (χ2n) is 5.24. The van der Waals surface area contributed by atoms with Crippen molar-refractivity contribution < 1.29 is 8.42 Å². The molecule has 0 spiro atoms. The second-order valence-corrected chi connectivity index (χ2v) is 7.94. The summed E-state index contributed by atoms with van der Waals surface area (Å²) in [7, 11) is -3.71. The standard InChI is InChI=1S/C16H16N2O3S2/c1-3-11-6-4-5-10(2)15(11)18-23(20,21)12-7-8-13-14(9-12)22-16(19)17-13/h4-9,18H,3H2,1-2H3,(H,17,19). The maximum absolute atomic E-state index is 12.7. The summed E-state index contributed by atoms with van der Waals surface area (Å²) >= 11 is 0.996. The zero-order valence-corrected chi connectivity index (χ0v) is 14.3. The van der Waals surface area contributed by atoms with Crippen molar-refractivity contribution in [2.24, 2.45) is 0 Å². The third-order valence-corrected chi connectivity index (χ3v) is 5.87. The van der Waals surface area contributed by atoms with Gasteiger partial charge in [0, 0.05) is 0 Å². The third-order valence-electron chi connectivity index (χ3n) is 3.68. The van der Waals surface area contributed by atoms with Crippen LogP contribution in [-0.2, 0) is 16.4 Å². The number of thiazole rings is 1. The molecule has 0 saturated heterocycles. The lowest BCUT2D eigenvalue weighted by Gasteiger charge is -2.14. The summed E-state index contributed by atoms with van der Waals surface area (Å²) in [6, 6.07) is 10.3. The zero-order chi connectivity index (χ0) is 16.6. The van der Waals surface area contributed by atoms with Crippen molar-refractivity contribution in [3.63, 3.8) is 0 Å². The van der Waals surface area contributed by atoms with Gasteiger partial charge in [-0.05, 0) is 42.7 Å². The summed E-state index contributed by atoms with van der Waals surface area (Å²) in [6.07, 6.45) is 0.734. The van der Waals surface area contributed by atoms with Crippen molar-refractivity contribution in [1.29, 1.82) is 0 Å². The van der Waals surface area contributed by atoms with Gasteiger partial charge in [0.05, 0.1) is 20.8 Å². The van der Waals surface area contributed by atoms with E-state index in [2.05, 4.69) is 9.71 Å². The largest absolute Gasteiger partial charge is 0.312 e. The fourth-order valence-corrected chi connectivity index (χ4v) is 4.50. The number of aromatic amines is 1. The van der Waals surface area contributed by atoms with Gasteiger partial charge in [0.2, 0.25) is 0 Å². The molecule has 3 rings (SSSR count). The van der Waals surface area contributed by atoms with E-state index in [4.69, 9.17) is 0 Å². The van der Waals surface area contributed by atoms with Crippen LogP contribution in [0.15, 0.2) is 46.1 Å². The third kappa shape index (κ3) is 3.02. The number of sulfonamides is 1. The van der Waals surface area contributed by atoms with Gasteiger partial charge in [-0.1, -0.05) is 36.5 Å². The smallest absolute Gasteiger partial charge is 0.305 e. The van der Waals surface area contributed by atoms with Crippen LogP contribution in [0.3, 0.4) is 0 Å². The first-order valence-electron chi connectivity index (χ1n) is 7.15. The van der Waals surface area contributed by atoms with E-state index in [1.54, 1.807) is 6.07 Å². The van der Waals surface area contributed by atoms with Crippen LogP contribution in [0.4, 0.5) is 5.69 Å². The van der Waals surface area contributed by atoms with Crippen LogP contribution in [-0.4, -0.2) is 13.4 Å². The number of benzene rings is 2. The quantitative estimate of drug-likeness (QED) is 0.759. The number of aromatic nitrogens is 1. The van der Waals surface area contributed by atoms with Crippen molar-refractivity contribution in [2.75, 3.05) is 4.72 Å². The Morgan fingerprint density at radius 3 is 2.74 bits per heavy atom. The summed E-state index contributed by atoms with van der Waals surface area (Å²) in [4.78, 5) is 14.0. The monoisotopic (exact) mass is 348 g/mol. The molecular formula is C16H16N2O3S2. The van der Waals surface area contributed by atoms with Gasteiger partial charge < -0.3 is 4.98 Å². The first kappa shape index (κ1) is 15.8. The molecule has 0 amide bonds. The molecule has 0 aliphatic heterocycles. The minimum absolute atomic E-state index is 0.144. The molecule has 0 bridgehead atoms. The Labute approximate surface area is 138 Å². The maximum atomic E-state index is 12.7. The van der Waals surface area contributed by atoms with Crippen LogP contribution < -0.4 is 9.60 Å². The minimum Gasteiger partial charge on any atom is -0.312 e. The van der Waals surface area contributed by atoms with Gasteiger partial charge in [0.15, 0.2) is 0 Å². The van der Waals surface area contributed by atoms with Gasteiger partial charge >= 0.3 is 4.87 Å². The molecule has 0 fully saturated rings. The average Bonchev–Trinajstić information content (AvgIpc) is 2.88. The minimum atomic E-state index is -3.71. The second kappa shape index (κ2) is 5.82. The molecule has 1 heterocycles. The zero-order valence-electron chi connectivity index (χ0n) is 12.7. The average molecular weight is 348 g/mol. The number of hydrogen-bond acceptors (Lipinski definition) is 4. The predicted molar refractivity (Wildman–Crippen MR) is 93.8 cm³/mol. The summed E-state index contributed by atoms with van der Waals surface area (Å²) in [6.45, 7) is 3.86. The van der Waals surface area contributed by atoms with Gasteiger partial charge in [0.25, 0.3) is 10.0 Å². The molecule has 7 heteroatoms. The molecule has 0 aliphatic carbocycles. The summed E-state index contributed by atoms with van der Waals surface area (Å²) in [5, 5.41) is 0. The van der Waals surface area contributed by atoms with Gasteiger partial charge in [-0.2, -0.15) is 0 Å². The number of nitrogens with one attached hydrogen (secondary N) is 2. The molecule has 0 aliphatic rings. The number of H-pyrrole nitrogens is 1. The van der Waals surface area contributed by atoms with Gasteiger partial charge in [-0.25, -0.2) is 8.42 Å². The van der Waals surface area contributed by atoms with E-state index in [1.807, 2.05) is 32.0 Å². The molecule has 0 radical (unpaired) electrons. The molecule has 120 valence electrons. The molecule has 5 nitrogen and oxygen atoms in total. The first-order chi connectivity index (χ1) is 10.9.